The van der Waals surface area contributed by atoms with Crippen LogP contribution in [-0.2, 0) is 0 Å². The van der Waals surface area contributed by atoms with E-state index in [9.17, 15) is 4.39 Å². The molecule has 0 radical (unpaired) electrons. The second kappa shape index (κ2) is 5.74. The molecule has 0 spiro atoms. The van der Waals surface area contributed by atoms with Crippen LogP contribution in [-0.4, -0.2) is 7.11 Å². The molecule has 2 nitrogen and oxygen atoms in total. The van der Waals surface area contributed by atoms with Gasteiger partial charge in [0.1, 0.15) is 11.6 Å². The maximum atomic E-state index is 13.8. The topological polar surface area (TPSA) is 21.3 Å². The normalized spacial score (nSPS) is 12.0. The van der Waals surface area contributed by atoms with Crippen molar-refractivity contribution in [3.8, 4) is 5.75 Å². The molecule has 3 heteroatoms. The Morgan fingerprint density at radius 1 is 1.16 bits per heavy atom. The van der Waals surface area contributed by atoms with Gasteiger partial charge < -0.3 is 10.1 Å². The Morgan fingerprint density at radius 2 is 1.89 bits per heavy atom. The molecule has 0 fully saturated rings. The predicted molar refractivity (Wildman–Crippen MR) is 76.2 cm³/mol. The van der Waals surface area contributed by atoms with Crippen molar-refractivity contribution < 1.29 is 9.13 Å². The smallest absolute Gasteiger partial charge is 0.146 e. The molecule has 0 aliphatic heterocycles. The van der Waals surface area contributed by atoms with Gasteiger partial charge in [-0.15, -0.1) is 0 Å². The first kappa shape index (κ1) is 13.4. The molecule has 0 heterocycles. The van der Waals surface area contributed by atoms with Gasteiger partial charge in [0.15, 0.2) is 0 Å². The lowest BCUT2D eigenvalue weighted by molar-refractivity contribution is 0.414. The Hall–Kier alpha value is -2.03. The van der Waals surface area contributed by atoms with E-state index in [1.807, 2.05) is 25.1 Å². The number of anilines is 1. The van der Waals surface area contributed by atoms with Crippen LogP contribution in [0.15, 0.2) is 42.5 Å². The van der Waals surface area contributed by atoms with Crippen LogP contribution in [0.2, 0.25) is 0 Å². The second-order valence-corrected chi connectivity index (χ2v) is 4.57. The first-order chi connectivity index (χ1) is 9.11. The van der Waals surface area contributed by atoms with Crippen molar-refractivity contribution in [3.63, 3.8) is 0 Å². The summed E-state index contributed by atoms with van der Waals surface area (Å²) in [5, 5.41) is 3.19. The fourth-order valence-electron chi connectivity index (χ4n) is 2.13. The molecule has 0 aliphatic rings. The van der Waals surface area contributed by atoms with Crippen molar-refractivity contribution >= 4 is 5.69 Å². The average molecular weight is 259 g/mol. The van der Waals surface area contributed by atoms with Crippen molar-refractivity contribution in [1.82, 2.24) is 0 Å². The summed E-state index contributed by atoms with van der Waals surface area (Å²) < 4.78 is 18.9. The highest BCUT2D eigenvalue weighted by atomic mass is 19.1. The molecule has 1 N–H and O–H groups in total. The van der Waals surface area contributed by atoms with Crippen LogP contribution in [0.4, 0.5) is 10.1 Å². The lowest BCUT2D eigenvalue weighted by Crippen LogP contribution is -2.09. The number of ether oxygens (including phenoxy) is 1. The number of rotatable bonds is 4. The molecule has 0 saturated carbocycles. The highest BCUT2D eigenvalue weighted by molar-refractivity contribution is 5.51. The molecule has 0 aliphatic carbocycles. The Morgan fingerprint density at radius 3 is 2.58 bits per heavy atom. The summed E-state index contributed by atoms with van der Waals surface area (Å²) in [7, 11) is 1.57. The summed E-state index contributed by atoms with van der Waals surface area (Å²) in [6.45, 7) is 4.07. The third kappa shape index (κ3) is 3.05. The number of methoxy groups -OCH3 is 1. The van der Waals surface area contributed by atoms with E-state index in [1.165, 1.54) is 11.6 Å². The van der Waals surface area contributed by atoms with E-state index >= 15 is 0 Å². The number of hydrogen-bond acceptors (Lipinski definition) is 2. The summed E-state index contributed by atoms with van der Waals surface area (Å²) in [6.07, 6.45) is 0. The van der Waals surface area contributed by atoms with Gasteiger partial charge >= 0.3 is 0 Å². The first-order valence-electron chi connectivity index (χ1n) is 6.27. The highest BCUT2D eigenvalue weighted by Crippen LogP contribution is 2.26. The van der Waals surface area contributed by atoms with Crippen molar-refractivity contribution in [1.29, 1.82) is 0 Å². The molecular formula is C16H18FNO. The monoisotopic (exact) mass is 259 g/mol. The summed E-state index contributed by atoms with van der Waals surface area (Å²) in [6, 6.07) is 12.8. The van der Waals surface area contributed by atoms with Crippen LogP contribution in [0, 0.1) is 12.7 Å². The fourth-order valence-corrected chi connectivity index (χ4v) is 2.13. The largest absolute Gasteiger partial charge is 0.497 e. The predicted octanol–water partition coefficient (Wildman–Crippen LogP) is 4.32. The second-order valence-electron chi connectivity index (χ2n) is 4.57. The summed E-state index contributed by atoms with van der Waals surface area (Å²) in [5.41, 5.74) is 2.80. The third-order valence-electron chi connectivity index (χ3n) is 3.20. The van der Waals surface area contributed by atoms with Crippen molar-refractivity contribution in [2.75, 3.05) is 12.4 Å². The standard InChI is InChI=1S/C16H18FNO/c1-11-6-4-5-7-14(11)12(2)18-16-10-13(19-3)8-9-15(16)17/h4-10,12,18H,1-3H3. The molecule has 0 bridgehead atoms. The van der Waals surface area contributed by atoms with Gasteiger partial charge in [0.25, 0.3) is 0 Å². The molecular weight excluding hydrogens is 241 g/mol. The molecule has 2 rings (SSSR count). The van der Waals surface area contributed by atoms with Crippen LogP contribution in [0.5, 0.6) is 5.75 Å². The number of hydrogen-bond donors (Lipinski definition) is 1. The van der Waals surface area contributed by atoms with Crippen LogP contribution in [0.1, 0.15) is 24.1 Å². The van der Waals surface area contributed by atoms with E-state index in [0.717, 1.165) is 5.56 Å². The van der Waals surface area contributed by atoms with Crippen molar-refractivity contribution in [2.45, 2.75) is 19.9 Å². The zero-order valence-electron chi connectivity index (χ0n) is 11.4. The molecule has 19 heavy (non-hydrogen) atoms. The molecule has 1 atom stereocenters. The first-order valence-corrected chi connectivity index (χ1v) is 6.27. The Kier molecular flexibility index (Phi) is 4.05. The average Bonchev–Trinajstić information content (AvgIpc) is 2.41. The van der Waals surface area contributed by atoms with Gasteiger partial charge in [-0.1, -0.05) is 24.3 Å². The summed E-state index contributed by atoms with van der Waals surface area (Å²) in [4.78, 5) is 0. The fraction of sp³-hybridized carbons (Fsp3) is 0.250. The number of halogens is 1. The van der Waals surface area contributed by atoms with E-state index in [0.29, 0.717) is 11.4 Å². The summed E-state index contributed by atoms with van der Waals surface area (Å²) in [5.74, 6) is 0.363. The minimum absolute atomic E-state index is 0.0304. The SMILES string of the molecule is COc1ccc(F)c(NC(C)c2ccccc2C)c1. The van der Waals surface area contributed by atoms with Gasteiger partial charge in [0.2, 0.25) is 0 Å². The number of benzene rings is 2. The molecule has 1 unspecified atom stereocenters. The van der Waals surface area contributed by atoms with Crippen molar-refractivity contribution in [3.05, 3.63) is 59.4 Å². The quantitative estimate of drug-likeness (QED) is 0.883. The van der Waals surface area contributed by atoms with E-state index in [4.69, 9.17) is 4.74 Å². The molecule has 0 aromatic heterocycles. The molecule has 100 valence electrons. The van der Waals surface area contributed by atoms with Gasteiger partial charge in [-0.25, -0.2) is 4.39 Å². The number of aryl methyl sites for hydroxylation is 1. The lowest BCUT2D eigenvalue weighted by atomic mass is 10.0. The lowest BCUT2D eigenvalue weighted by Gasteiger charge is -2.18. The van der Waals surface area contributed by atoms with Gasteiger partial charge in [-0.05, 0) is 37.1 Å². The van der Waals surface area contributed by atoms with Crippen LogP contribution in [0.25, 0.3) is 0 Å². The zero-order chi connectivity index (χ0) is 13.8. The molecule has 2 aromatic rings. The van der Waals surface area contributed by atoms with Crippen LogP contribution in [0.3, 0.4) is 0 Å². The Bertz CT molecular complexity index is 568. The zero-order valence-corrected chi connectivity index (χ0v) is 11.4. The minimum Gasteiger partial charge on any atom is -0.497 e. The van der Waals surface area contributed by atoms with E-state index in [-0.39, 0.29) is 11.9 Å². The summed E-state index contributed by atoms with van der Waals surface area (Å²) >= 11 is 0. The molecule has 2 aromatic carbocycles. The van der Waals surface area contributed by atoms with Gasteiger partial charge in [0.05, 0.1) is 12.8 Å². The Labute approximate surface area is 113 Å². The Balaban J connectivity index is 2.24. The highest BCUT2D eigenvalue weighted by Gasteiger charge is 2.11. The molecule has 0 amide bonds. The maximum absolute atomic E-state index is 13.8. The van der Waals surface area contributed by atoms with Crippen molar-refractivity contribution in [2.24, 2.45) is 0 Å². The van der Waals surface area contributed by atoms with Crippen LogP contribution < -0.4 is 10.1 Å². The third-order valence-corrected chi connectivity index (χ3v) is 3.20. The van der Waals surface area contributed by atoms with Gasteiger partial charge in [-0.2, -0.15) is 0 Å². The maximum Gasteiger partial charge on any atom is 0.146 e. The van der Waals surface area contributed by atoms with E-state index < -0.39 is 0 Å². The van der Waals surface area contributed by atoms with E-state index in [1.54, 1.807) is 19.2 Å². The molecule has 0 saturated heterocycles. The van der Waals surface area contributed by atoms with Crippen LogP contribution >= 0.6 is 0 Å². The van der Waals surface area contributed by atoms with E-state index in [2.05, 4.69) is 18.3 Å². The van der Waals surface area contributed by atoms with Gasteiger partial charge in [-0.3, -0.25) is 0 Å². The van der Waals surface area contributed by atoms with Gasteiger partial charge in [0, 0.05) is 12.1 Å². The minimum atomic E-state index is -0.277. The number of nitrogens with one attached hydrogen (secondary N) is 1.